The van der Waals surface area contributed by atoms with E-state index in [0.29, 0.717) is 30.3 Å². The highest BCUT2D eigenvalue weighted by Gasteiger charge is 2.22. The highest BCUT2D eigenvalue weighted by molar-refractivity contribution is 5.89. The van der Waals surface area contributed by atoms with Gasteiger partial charge in [0, 0.05) is 25.4 Å². The second-order valence-electron chi connectivity index (χ2n) is 6.79. The summed E-state index contributed by atoms with van der Waals surface area (Å²) >= 11 is 0. The second-order valence-corrected chi connectivity index (χ2v) is 6.79. The zero-order chi connectivity index (χ0) is 19.8. The molecule has 2 amide bonds. The first-order chi connectivity index (χ1) is 13.7. The lowest BCUT2D eigenvalue weighted by Gasteiger charge is -2.25. The highest BCUT2D eigenvalue weighted by Crippen LogP contribution is 2.31. The molecule has 0 aliphatic carbocycles. The summed E-state index contributed by atoms with van der Waals surface area (Å²) in [7, 11) is 1.61. The number of nitrogens with zero attached hydrogens (tertiary/aromatic N) is 1. The Morgan fingerprint density at radius 3 is 2.57 bits per heavy atom. The predicted octanol–water partition coefficient (Wildman–Crippen LogP) is 4.91. The van der Waals surface area contributed by atoms with Crippen LogP contribution < -0.4 is 14.8 Å². The molecule has 1 saturated heterocycles. The third-order valence-electron chi connectivity index (χ3n) is 4.63. The molecule has 1 N–H and O–H groups in total. The molecule has 1 aliphatic rings. The normalized spacial score (nSPS) is 15.9. The van der Waals surface area contributed by atoms with Crippen LogP contribution in [0.4, 0.5) is 10.5 Å². The Hall–Kier alpha value is -2.73. The van der Waals surface area contributed by atoms with Crippen LogP contribution in [0.15, 0.2) is 48.5 Å². The minimum atomic E-state index is -0.101. The topological polar surface area (TPSA) is 60.0 Å². The number of ether oxygens (including phenoxy) is 3. The Bertz CT molecular complexity index is 757. The zero-order valence-corrected chi connectivity index (χ0v) is 16.5. The number of urea groups is 1. The van der Waals surface area contributed by atoms with Crippen molar-refractivity contribution in [1.82, 2.24) is 4.90 Å². The maximum Gasteiger partial charge on any atom is 0.321 e. The van der Waals surface area contributed by atoms with Gasteiger partial charge in [0.15, 0.2) is 11.5 Å². The third kappa shape index (κ3) is 5.39. The van der Waals surface area contributed by atoms with Crippen molar-refractivity contribution in [3.05, 3.63) is 48.5 Å². The quantitative estimate of drug-likeness (QED) is 0.702. The highest BCUT2D eigenvalue weighted by atomic mass is 16.5. The zero-order valence-electron chi connectivity index (χ0n) is 16.5. The lowest BCUT2D eigenvalue weighted by Crippen LogP contribution is -2.40. The fourth-order valence-corrected chi connectivity index (χ4v) is 3.22. The van der Waals surface area contributed by atoms with Gasteiger partial charge in [0.2, 0.25) is 0 Å². The van der Waals surface area contributed by atoms with Crippen LogP contribution in [0.5, 0.6) is 17.2 Å². The number of hydrogen-bond donors (Lipinski definition) is 1. The Labute approximate surface area is 166 Å². The minimum Gasteiger partial charge on any atom is -0.493 e. The molecular weight excluding hydrogens is 356 g/mol. The number of carbonyl (C=O) groups excluding carboxylic acids is 1. The summed E-state index contributed by atoms with van der Waals surface area (Å²) in [6.45, 7) is 4.20. The summed E-state index contributed by atoms with van der Waals surface area (Å²) in [6, 6.07) is 14.7. The summed E-state index contributed by atoms with van der Waals surface area (Å²) < 4.78 is 16.8. The number of amides is 2. The molecule has 0 radical (unpaired) electrons. The molecule has 2 aromatic carbocycles. The first kappa shape index (κ1) is 20.0. The summed E-state index contributed by atoms with van der Waals surface area (Å²) in [6.07, 6.45) is 3.14. The van der Waals surface area contributed by atoms with Gasteiger partial charge >= 0.3 is 6.03 Å². The van der Waals surface area contributed by atoms with Crippen LogP contribution in [0.25, 0.3) is 0 Å². The van der Waals surface area contributed by atoms with E-state index in [-0.39, 0.29) is 12.1 Å². The maximum atomic E-state index is 12.7. The Kier molecular flexibility index (Phi) is 7.14. The van der Waals surface area contributed by atoms with Gasteiger partial charge in [0.05, 0.1) is 13.2 Å². The van der Waals surface area contributed by atoms with E-state index in [1.165, 1.54) is 0 Å². The van der Waals surface area contributed by atoms with Crippen LogP contribution in [-0.4, -0.2) is 43.8 Å². The summed E-state index contributed by atoms with van der Waals surface area (Å²) in [5.74, 6) is 1.99. The number of rotatable bonds is 8. The van der Waals surface area contributed by atoms with Crippen molar-refractivity contribution < 1.29 is 19.0 Å². The Morgan fingerprint density at radius 2 is 1.93 bits per heavy atom. The summed E-state index contributed by atoms with van der Waals surface area (Å²) in [5.41, 5.74) is 0.728. The molecule has 1 atom stereocenters. The average molecular weight is 384 g/mol. The monoisotopic (exact) mass is 384 g/mol. The molecule has 0 spiro atoms. The van der Waals surface area contributed by atoms with E-state index in [4.69, 9.17) is 14.2 Å². The van der Waals surface area contributed by atoms with Crippen molar-refractivity contribution in [2.75, 3.05) is 32.1 Å². The van der Waals surface area contributed by atoms with Crippen LogP contribution in [0, 0.1) is 0 Å². The van der Waals surface area contributed by atoms with Gasteiger partial charge in [-0.3, -0.25) is 0 Å². The molecular formula is C22H28N2O4. The predicted molar refractivity (Wildman–Crippen MR) is 109 cm³/mol. The number of benzene rings is 2. The molecule has 1 aliphatic heterocycles. The molecule has 0 unspecified atom stereocenters. The van der Waals surface area contributed by atoms with Gasteiger partial charge in [-0.05, 0) is 55.7 Å². The van der Waals surface area contributed by atoms with Crippen LogP contribution >= 0.6 is 0 Å². The molecule has 1 fully saturated rings. The van der Waals surface area contributed by atoms with Crippen molar-refractivity contribution >= 4 is 11.7 Å². The standard InChI is InChI=1S/C22H28N2O4/c1-3-14-24(16-19-7-6-15-27-19)22(25)23-17-10-12-18(13-11-17)28-21-9-5-4-8-20(21)26-2/h4-5,8-13,19H,3,6-7,14-16H2,1-2H3,(H,23,25)/t19-/m1/s1. The first-order valence-electron chi connectivity index (χ1n) is 9.78. The maximum absolute atomic E-state index is 12.7. The van der Waals surface area contributed by atoms with E-state index < -0.39 is 0 Å². The van der Waals surface area contributed by atoms with Gasteiger partial charge in [-0.25, -0.2) is 4.79 Å². The van der Waals surface area contributed by atoms with Gasteiger partial charge in [-0.15, -0.1) is 0 Å². The molecule has 3 rings (SSSR count). The van der Waals surface area contributed by atoms with Crippen LogP contribution in [0.1, 0.15) is 26.2 Å². The molecule has 0 saturated carbocycles. The molecule has 6 nitrogen and oxygen atoms in total. The second kappa shape index (κ2) is 9.99. The Morgan fingerprint density at radius 1 is 1.18 bits per heavy atom. The first-order valence-corrected chi connectivity index (χ1v) is 9.78. The van der Waals surface area contributed by atoms with Crippen LogP contribution in [0.2, 0.25) is 0 Å². The molecule has 2 aromatic rings. The molecule has 0 aromatic heterocycles. The van der Waals surface area contributed by atoms with E-state index >= 15 is 0 Å². The van der Waals surface area contributed by atoms with Gasteiger partial charge in [0.25, 0.3) is 0 Å². The van der Waals surface area contributed by atoms with Gasteiger partial charge in [-0.2, -0.15) is 0 Å². The minimum absolute atomic E-state index is 0.101. The fraction of sp³-hybridized carbons (Fsp3) is 0.409. The molecule has 1 heterocycles. The summed E-state index contributed by atoms with van der Waals surface area (Å²) in [5, 5.41) is 2.97. The third-order valence-corrected chi connectivity index (χ3v) is 4.63. The van der Waals surface area contributed by atoms with E-state index in [2.05, 4.69) is 12.2 Å². The number of anilines is 1. The summed E-state index contributed by atoms with van der Waals surface area (Å²) in [4.78, 5) is 14.5. The van der Waals surface area contributed by atoms with Gasteiger partial charge in [-0.1, -0.05) is 19.1 Å². The average Bonchev–Trinajstić information content (AvgIpc) is 3.23. The molecule has 6 heteroatoms. The lowest BCUT2D eigenvalue weighted by molar-refractivity contribution is 0.0836. The number of hydrogen-bond acceptors (Lipinski definition) is 4. The van der Waals surface area contributed by atoms with Crippen LogP contribution in [0.3, 0.4) is 0 Å². The Balaban J connectivity index is 1.59. The number of nitrogens with one attached hydrogen (secondary N) is 1. The van der Waals surface area contributed by atoms with Crippen molar-refractivity contribution in [1.29, 1.82) is 0 Å². The van der Waals surface area contributed by atoms with Gasteiger partial charge < -0.3 is 24.4 Å². The van der Waals surface area contributed by atoms with Crippen molar-refractivity contribution in [3.63, 3.8) is 0 Å². The largest absolute Gasteiger partial charge is 0.493 e. The molecule has 150 valence electrons. The van der Waals surface area contributed by atoms with Crippen LogP contribution in [-0.2, 0) is 4.74 Å². The lowest BCUT2D eigenvalue weighted by atomic mass is 10.2. The molecule has 28 heavy (non-hydrogen) atoms. The van der Waals surface area contributed by atoms with Gasteiger partial charge in [0.1, 0.15) is 5.75 Å². The van der Waals surface area contributed by atoms with Crippen molar-refractivity contribution in [2.24, 2.45) is 0 Å². The van der Waals surface area contributed by atoms with Crippen molar-refractivity contribution in [2.45, 2.75) is 32.3 Å². The number of para-hydroxylation sites is 2. The SMILES string of the molecule is CCCN(C[C@H]1CCCO1)C(=O)Nc1ccc(Oc2ccccc2OC)cc1. The smallest absolute Gasteiger partial charge is 0.321 e. The molecule has 0 bridgehead atoms. The van der Waals surface area contributed by atoms with E-state index in [0.717, 1.165) is 31.6 Å². The van der Waals surface area contributed by atoms with E-state index in [9.17, 15) is 4.79 Å². The number of methoxy groups -OCH3 is 1. The van der Waals surface area contributed by atoms with E-state index in [1.54, 1.807) is 7.11 Å². The van der Waals surface area contributed by atoms with Crippen molar-refractivity contribution in [3.8, 4) is 17.2 Å². The fourth-order valence-electron chi connectivity index (χ4n) is 3.22. The van der Waals surface area contributed by atoms with E-state index in [1.807, 2.05) is 53.4 Å². The number of carbonyl (C=O) groups is 1.